The van der Waals surface area contributed by atoms with E-state index in [-0.39, 0.29) is 47.6 Å². The van der Waals surface area contributed by atoms with E-state index in [1.54, 1.807) is 36.4 Å². The Kier molecular flexibility index (Phi) is 5.08. The monoisotopic (exact) mass is 431 g/mol. The van der Waals surface area contributed by atoms with Crippen molar-refractivity contribution < 1.29 is 23.9 Å². The third-order valence-corrected chi connectivity index (χ3v) is 6.50. The lowest BCUT2D eigenvalue weighted by Gasteiger charge is -2.17. The van der Waals surface area contributed by atoms with Gasteiger partial charge < -0.3 is 9.47 Å². The van der Waals surface area contributed by atoms with Crippen molar-refractivity contribution in [2.45, 2.75) is 33.0 Å². The maximum atomic E-state index is 12.9. The molecule has 0 N–H and O–H groups in total. The average Bonchev–Trinajstić information content (AvgIpc) is 3.46. The van der Waals surface area contributed by atoms with E-state index >= 15 is 0 Å². The first kappa shape index (κ1) is 20.5. The molecule has 2 amide bonds. The number of hydrogen-bond donors (Lipinski definition) is 0. The van der Waals surface area contributed by atoms with Gasteiger partial charge in [-0.3, -0.25) is 14.5 Å². The number of carbonyl (C=O) groups excluding carboxylic acids is 3. The maximum Gasteiger partial charge on any atom is 0.338 e. The average molecular weight is 431 g/mol. The Hall–Kier alpha value is -3.41. The highest BCUT2D eigenvalue weighted by Gasteiger charge is 2.59. The van der Waals surface area contributed by atoms with Crippen molar-refractivity contribution in [3.63, 3.8) is 0 Å². The molecule has 2 fully saturated rings. The molecule has 164 valence electrons. The summed E-state index contributed by atoms with van der Waals surface area (Å²) in [6, 6.07) is 14.1. The van der Waals surface area contributed by atoms with Gasteiger partial charge in [0.25, 0.3) is 0 Å². The van der Waals surface area contributed by atoms with Crippen LogP contribution in [0.5, 0.6) is 5.75 Å². The van der Waals surface area contributed by atoms with Crippen LogP contribution in [-0.2, 0) is 20.9 Å². The molecule has 2 aliphatic carbocycles. The van der Waals surface area contributed by atoms with E-state index in [9.17, 15) is 14.4 Å². The highest BCUT2D eigenvalue weighted by atomic mass is 16.5. The SMILES string of the molecule is CC(C)OC(=O)c1ccc(COc2ccc(N3C(=O)[C@@H]4[C@H](C3=O)[C@@H]3C=C[C@H]4C3)cc2)cc1. The number of hydrogen-bond acceptors (Lipinski definition) is 5. The van der Waals surface area contributed by atoms with Crippen LogP contribution in [0.25, 0.3) is 0 Å². The second kappa shape index (κ2) is 7.93. The van der Waals surface area contributed by atoms with Gasteiger partial charge in [-0.15, -0.1) is 0 Å². The maximum absolute atomic E-state index is 12.9. The molecule has 2 bridgehead atoms. The van der Waals surface area contributed by atoms with Crippen molar-refractivity contribution in [1.29, 1.82) is 0 Å². The van der Waals surface area contributed by atoms with E-state index in [0.717, 1.165) is 12.0 Å². The Morgan fingerprint density at radius 2 is 1.53 bits per heavy atom. The van der Waals surface area contributed by atoms with E-state index in [2.05, 4.69) is 12.2 Å². The summed E-state index contributed by atoms with van der Waals surface area (Å²) in [4.78, 5) is 39.1. The summed E-state index contributed by atoms with van der Waals surface area (Å²) in [5.41, 5.74) is 2.00. The minimum atomic E-state index is -0.345. The first-order chi connectivity index (χ1) is 15.4. The molecule has 32 heavy (non-hydrogen) atoms. The van der Waals surface area contributed by atoms with E-state index in [1.165, 1.54) is 4.90 Å². The van der Waals surface area contributed by atoms with Gasteiger partial charge in [0.1, 0.15) is 12.4 Å². The number of fused-ring (bicyclic) bond motifs is 5. The number of rotatable bonds is 6. The van der Waals surface area contributed by atoms with Gasteiger partial charge in [-0.2, -0.15) is 0 Å². The van der Waals surface area contributed by atoms with Crippen LogP contribution in [0.4, 0.5) is 5.69 Å². The minimum Gasteiger partial charge on any atom is -0.489 e. The molecule has 0 aromatic heterocycles. The quantitative estimate of drug-likeness (QED) is 0.390. The fourth-order valence-electron chi connectivity index (χ4n) is 5.03. The summed E-state index contributed by atoms with van der Waals surface area (Å²) >= 11 is 0. The number of esters is 1. The second-order valence-corrected chi connectivity index (χ2v) is 8.95. The molecule has 1 saturated heterocycles. The number of imide groups is 1. The summed E-state index contributed by atoms with van der Waals surface area (Å²) < 4.78 is 11.0. The molecule has 4 atom stereocenters. The summed E-state index contributed by atoms with van der Waals surface area (Å²) in [6.45, 7) is 3.96. The number of nitrogens with zero attached hydrogens (tertiary/aromatic N) is 1. The van der Waals surface area contributed by atoms with Crippen molar-refractivity contribution in [3.05, 3.63) is 71.8 Å². The Bertz CT molecular complexity index is 1060. The Labute approximate surface area is 186 Å². The molecule has 0 spiro atoms. The van der Waals surface area contributed by atoms with Gasteiger partial charge in [-0.25, -0.2) is 4.79 Å². The first-order valence-corrected chi connectivity index (χ1v) is 11.0. The molecule has 5 rings (SSSR count). The van der Waals surface area contributed by atoms with E-state index < -0.39 is 0 Å². The van der Waals surface area contributed by atoms with Crippen LogP contribution in [0.1, 0.15) is 36.2 Å². The Morgan fingerprint density at radius 3 is 2.09 bits per heavy atom. The van der Waals surface area contributed by atoms with Gasteiger partial charge >= 0.3 is 5.97 Å². The summed E-state index contributed by atoms with van der Waals surface area (Å²) in [6.07, 6.45) is 4.95. The number of allylic oxidation sites excluding steroid dienone is 2. The second-order valence-electron chi connectivity index (χ2n) is 8.95. The molecule has 2 aromatic carbocycles. The zero-order chi connectivity index (χ0) is 22.4. The molecule has 3 aliphatic rings. The predicted molar refractivity (Wildman–Crippen MR) is 118 cm³/mol. The van der Waals surface area contributed by atoms with E-state index in [0.29, 0.717) is 23.6 Å². The Morgan fingerprint density at radius 1 is 0.938 bits per heavy atom. The fourth-order valence-corrected chi connectivity index (χ4v) is 5.03. The van der Waals surface area contributed by atoms with Crippen LogP contribution in [0.15, 0.2) is 60.7 Å². The minimum absolute atomic E-state index is 0.0819. The zero-order valence-electron chi connectivity index (χ0n) is 18.1. The lowest BCUT2D eigenvalue weighted by atomic mass is 9.85. The van der Waals surface area contributed by atoms with Crippen LogP contribution < -0.4 is 9.64 Å². The molecule has 1 heterocycles. The highest BCUT2D eigenvalue weighted by Crippen LogP contribution is 2.53. The van der Waals surface area contributed by atoms with Crippen LogP contribution in [-0.4, -0.2) is 23.9 Å². The van der Waals surface area contributed by atoms with Crippen molar-refractivity contribution >= 4 is 23.5 Å². The van der Waals surface area contributed by atoms with Gasteiger partial charge in [0, 0.05) is 0 Å². The zero-order valence-corrected chi connectivity index (χ0v) is 18.1. The first-order valence-electron chi connectivity index (χ1n) is 11.0. The predicted octanol–water partition coefficient (Wildman–Crippen LogP) is 4.14. The third-order valence-electron chi connectivity index (χ3n) is 6.50. The number of anilines is 1. The highest BCUT2D eigenvalue weighted by molar-refractivity contribution is 6.22. The van der Waals surface area contributed by atoms with Crippen molar-refractivity contribution in [2.24, 2.45) is 23.7 Å². The van der Waals surface area contributed by atoms with Gasteiger partial charge in [0.15, 0.2) is 0 Å². The number of carbonyl (C=O) groups is 3. The number of ether oxygens (including phenoxy) is 2. The summed E-state index contributed by atoms with van der Waals surface area (Å²) in [5, 5.41) is 0. The van der Waals surface area contributed by atoms with Crippen LogP contribution in [0.2, 0.25) is 0 Å². The molecule has 0 unspecified atom stereocenters. The van der Waals surface area contributed by atoms with Crippen LogP contribution in [0.3, 0.4) is 0 Å². The topological polar surface area (TPSA) is 72.9 Å². The lowest BCUT2D eigenvalue weighted by Crippen LogP contribution is -2.32. The lowest BCUT2D eigenvalue weighted by molar-refractivity contribution is -0.123. The van der Waals surface area contributed by atoms with Crippen LogP contribution >= 0.6 is 0 Å². The molecule has 1 saturated carbocycles. The van der Waals surface area contributed by atoms with E-state index in [1.807, 2.05) is 26.0 Å². The standard InChI is InChI=1S/C26H25NO5/c1-15(2)32-26(30)17-5-3-16(4-6-17)14-31-21-11-9-20(10-12-21)27-24(28)22-18-7-8-19(13-18)23(22)25(27)29/h3-12,15,18-19,22-23H,13-14H2,1-2H3/t18-,19+,22-,23+. The van der Waals surface area contributed by atoms with Crippen molar-refractivity contribution in [3.8, 4) is 5.75 Å². The van der Waals surface area contributed by atoms with Crippen LogP contribution in [0, 0.1) is 23.7 Å². The van der Waals surface area contributed by atoms with Gasteiger partial charge in [0.2, 0.25) is 11.8 Å². The van der Waals surface area contributed by atoms with Gasteiger partial charge in [0.05, 0.1) is 29.2 Å². The summed E-state index contributed by atoms with van der Waals surface area (Å²) in [7, 11) is 0. The van der Waals surface area contributed by atoms with Gasteiger partial charge in [-0.05, 0) is 74.1 Å². The van der Waals surface area contributed by atoms with Gasteiger partial charge in [-0.1, -0.05) is 24.3 Å². The number of benzene rings is 2. The molecular weight excluding hydrogens is 406 g/mol. The molecular formula is C26H25NO5. The summed E-state index contributed by atoms with van der Waals surface area (Å²) in [5.74, 6) is 0.132. The normalized spacial score (nSPS) is 25.5. The third kappa shape index (κ3) is 3.49. The van der Waals surface area contributed by atoms with Crippen molar-refractivity contribution in [2.75, 3.05) is 4.90 Å². The van der Waals surface area contributed by atoms with E-state index in [4.69, 9.17) is 9.47 Å². The molecule has 6 nitrogen and oxygen atoms in total. The molecule has 2 aromatic rings. The molecule has 6 heteroatoms. The largest absolute Gasteiger partial charge is 0.489 e. The Balaban J connectivity index is 1.21. The smallest absolute Gasteiger partial charge is 0.338 e. The molecule has 0 radical (unpaired) electrons. The fraction of sp³-hybridized carbons (Fsp3) is 0.346. The molecule has 1 aliphatic heterocycles. The number of amides is 2. The van der Waals surface area contributed by atoms with Crippen molar-refractivity contribution in [1.82, 2.24) is 0 Å².